The SMILES string of the molecule is CCNc1cc(N(C)CC(N)=O)nc(-c2ccccc2)n1. The molecule has 0 saturated heterocycles. The molecule has 1 heterocycles. The summed E-state index contributed by atoms with van der Waals surface area (Å²) >= 11 is 0. The normalized spacial score (nSPS) is 10.2. The van der Waals surface area contributed by atoms with E-state index in [9.17, 15) is 4.79 Å². The van der Waals surface area contributed by atoms with E-state index in [0.717, 1.165) is 17.9 Å². The minimum Gasteiger partial charge on any atom is -0.370 e. The maximum Gasteiger partial charge on any atom is 0.236 e. The van der Waals surface area contributed by atoms with Crippen LogP contribution in [0.2, 0.25) is 0 Å². The van der Waals surface area contributed by atoms with Crippen molar-refractivity contribution in [3.8, 4) is 11.4 Å². The van der Waals surface area contributed by atoms with Crippen molar-refractivity contribution in [2.75, 3.05) is 30.4 Å². The highest BCUT2D eigenvalue weighted by atomic mass is 16.1. The molecule has 0 aliphatic heterocycles. The fourth-order valence-corrected chi connectivity index (χ4v) is 1.93. The van der Waals surface area contributed by atoms with Crippen LogP contribution >= 0.6 is 0 Å². The van der Waals surface area contributed by atoms with Gasteiger partial charge < -0.3 is 16.0 Å². The number of aromatic nitrogens is 2. The second-order valence-corrected chi connectivity index (χ2v) is 4.65. The van der Waals surface area contributed by atoms with E-state index in [1.165, 1.54) is 0 Å². The molecular formula is C15H19N5O. The van der Waals surface area contributed by atoms with E-state index in [-0.39, 0.29) is 6.54 Å². The van der Waals surface area contributed by atoms with Crippen molar-refractivity contribution in [1.29, 1.82) is 0 Å². The largest absolute Gasteiger partial charge is 0.370 e. The molecule has 0 aliphatic carbocycles. The summed E-state index contributed by atoms with van der Waals surface area (Å²) in [7, 11) is 1.78. The molecule has 2 rings (SSSR count). The fourth-order valence-electron chi connectivity index (χ4n) is 1.93. The number of nitrogens with two attached hydrogens (primary N) is 1. The number of carbonyl (C=O) groups excluding carboxylic acids is 1. The van der Waals surface area contributed by atoms with Gasteiger partial charge in [0.25, 0.3) is 0 Å². The van der Waals surface area contributed by atoms with Crippen molar-refractivity contribution >= 4 is 17.5 Å². The number of nitrogens with one attached hydrogen (secondary N) is 1. The van der Waals surface area contributed by atoms with Crippen LogP contribution in [0.5, 0.6) is 0 Å². The smallest absolute Gasteiger partial charge is 0.236 e. The third-order valence-corrected chi connectivity index (χ3v) is 2.89. The van der Waals surface area contributed by atoms with Crippen LogP contribution in [0.4, 0.5) is 11.6 Å². The first-order valence-electron chi connectivity index (χ1n) is 6.78. The summed E-state index contributed by atoms with van der Waals surface area (Å²) in [6.45, 7) is 2.86. The van der Waals surface area contributed by atoms with Gasteiger partial charge in [0.05, 0.1) is 6.54 Å². The van der Waals surface area contributed by atoms with Crippen LogP contribution in [0.25, 0.3) is 11.4 Å². The van der Waals surface area contributed by atoms with Crippen LogP contribution in [0.3, 0.4) is 0 Å². The zero-order valence-electron chi connectivity index (χ0n) is 12.2. The van der Waals surface area contributed by atoms with Crippen LogP contribution < -0.4 is 16.0 Å². The van der Waals surface area contributed by atoms with Crippen LogP contribution in [0.15, 0.2) is 36.4 Å². The lowest BCUT2D eigenvalue weighted by atomic mass is 10.2. The number of amides is 1. The number of primary amides is 1. The van der Waals surface area contributed by atoms with E-state index in [0.29, 0.717) is 11.6 Å². The average Bonchev–Trinajstić information content (AvgIpc) is 2.47. The predicted molar refractivity (Wildman–Crippen MR) is 84.1 cm³/mol. The molecule has 1 amide bonds. The Morgan fingerprint density at radius 2 is 2.00 bits per heavy atom. The van der Waals surface area contributed by atoms with Gasteiger partial charge in [-0.05, 0) is 6.92 Å². The van der Waals surface area contributed by atoms with Gasteiger partial charge in [-0.25, -0.2) is 9.97 Å². The fraction of sp³-hybridized carbons (Fsp3) is 0.267. The van der Waals surface area contributed by atoms with Gasteiger partial charge in [0.2, 0.25) is 5.91 Å². The Kier molecular flexibility index (Phi) is 4.71. The molecule has 2 aromatic rings. The van der Waals surface area contributed by atoms with Crippen molar-refractivity contribution in [3.05, 3.63) is 36.4 Å². The molecule has 6 heteroatoms. The van der Waals surface area contributed by atoms with E-state index in [1.54, 1.807) is 18.0 Å². The molecule has 1 aromatic heterocycles. The molecule has 0 saturated carbocycles. The van der Waals surface area contributed by atoms with Crippen LogP contribution in [-0.2, 0) is 4.79 Å². The van der Waals surface area contributed by atoms with Crippen LogP contribution in [0.1, 0.15) is 6.92 Å². The zero-order chi connectivity index (χ0) is 15.2. The van der Waals surface area contributed by atoms with Gasteiger partial charge in [0.1, 0.15) is 11.6 Å². The number of anilines is 2. The Balaban J connectivity index is 2.41. The quantitative estimate of drug-likeness (QED) is 0.840. The Morgan fingerprint density at radius 1 is 1.29 bits per heavy atom. The van der Waals surface area contributed by atoms with Crippen molar-refractivity contribution in [2.24, 2.45) is 5.73 Å². The van der Waals surface area contributed by atoms with Crippen LogP contribution in [-0.4, -0.2) is 36.0 Å². The number of likely N-dealkylation sites (N-methyl/N-ethyl adjacent to an activating group) is 1. The second-order valence-electron chi connectivity index (χ2n) is 4.65. The molecule has 3 N–H and O–H groups in total. The van der Waals surface area contributed by atoms with E-state index in [4.69, 9.17) is 5.73 Å². The first-order chi connectivity index (χ1) is 10.1. The molecule has 0 unspecified atom stereocenters. The van der Waals surface area contributed by atoms with Crippen molar-refractivity contribution in [2.45, 2.75) is 6.92 Å². The van der Waals surface area contributed by atoms with Gasteiger partial charge in [-0.15, -0.1) is 0 Å². The van der Waals surface area contributed by atoms with Crippen molar-refractivity contribution in [3.63, 3.8) is 0 Å². The highest BCUT2D eigenvalue weighted by Gasteiger charge is 2.11. The summed E-state index contributed by atoms with van der Waals surface area (Å²) in [4.78, 5) is 21.8. The predicted octanol–water partition coefficient (Wildman–Crippen LogP) is 1.50. The summed E-state index contributed by atoms with van der Waals surface area (Å²) in [5, 5.41) is 3.17. The summed E-state index contributed by atoms with van der Waals surface area (Å²) in [5.74, 6) is 1.58. The van der Waals surface area contributed by atoms with Crippen LogP contribution in [0, 0.1) is 0 Å². The molecule has 0 aliphatic rings. The Bertz CT molecular complexity index is 615. The van der Waals surface area contributed by atoms with Gasteiger partial charge in [0.15, 0.2) is 5.82 Å². The molecule has 21 heavy (non-hydrogen) atoms. The minimum absolute atomic E-state index is 0.108. The second kappa shape index (κ2) is 6.69. The maximum atomic E-state index is 11.1. The van der Waals surface area contributed by atoms with E-state index < -0.39 is 5.91 Å². The van der Waals surface area contributed by atoms with Gasteiger partial charge in [-0.1, -0.05) is 30.3 Å². The van der Waals surface area contributed by atoms with E-state index >= 15 is 0 Å². The van der Waals surface area contributed by atoms with E-state index in [1.807, 2.05) is 37.3 Å². The number of rotatable bonds is 6. The lowest BCUT2D eigenvalue weighted by Gasteiger charge is -2.18. The third-order valence-electron chi connectivity index (χ3n) is 2.89. The van der Waals surface area contributed by atoms with E-state index in [2.05, 4.69) is 15.3 Å². The first kappa shape index (κ1) is 14.8. The van der Waals surface area contributed by atoms with Gasteiger partial charge >= 0.3 is 0 Å². The molecule has 0 atom stereocenters. The summed E-state index contributed by atoms with van der Waals surface area (Å²) < 4.78 is 0. The number of hydrogen-bond donors (Lipinski definition) is 2. The maximum absolute atomic E-state index is 11.1. The highest BCUT2D eigenvalue weighted by Crippen LogP contribution is 2.21. The number of carbonyl (C=O) groups is 1. The monoisotopic (exact) mass is 285 g/mol. The molecule has 1 aromatic carbocycles. The Morgan fingerprint density at radius 3 is 2.62 bits per heavy atom. The molecule has 0 radical (unpaired) electrons. The number of benzene rings is 1. The molecule has 0 fully saturated rings. The summed E-state index contributed by atoms with van der Waals surface area (Å²) in [6, 6.07) is 11.5. The Labute approximate surface area is 124 Å². The number of hydrogen-bond acceptors (Lipinski definition) is 5. The molecular weight excluding hydrogens is 266 g/mol. The topological polar surface area (TPSA) is 84.1 Å². The summed E-state index contributed by atoms with van der Waals surface area (Å²) in [5.41, 5.74) is 6.16. The first-order valence-corrected chi connectivity index (χ1v) is 6.78. The lowest BCUT2D eigenvalue weighted by Crippen LogP contribution is -2.31. The van der Waals surface area contributed by atoms with Gasteiger partial charge in [0, 0.05) is 25.2 Å². The standard InChI is InChI=1S/C15H19N5O/c1-3-17-13-9-14(20(2)10-12(16)21)19-15(18-13)11-7-5-4-6-8-11/h4-9H,3,10H2,1-2H3,(H2,16,21)(H,17,18,19). The third kappa shape index (κ3) is 3.92. The Hall–Kier alpha value is -2.63. The molecule has 0 bridgehead atoms. The highest BCUT2D eigenvalue weighted by molar-refractivity contribution is 5.79. The molecule has 110 valence electrons. The van der Waals surface area contributed by atoms with Gasteiger partial charge in [-0.3, -0.25) is 4.79 Å². The van der Waals surface area contributed by atoms with Crippen molar-refractivity contribution < 1.29 is 4.79 Å². The molecule has 0 spiro atoms. The minimum atomic E-state index is -0.401. The summed E-state index contributed by atoms with van der Waals surface area (Å²) in [6.07, 6.45) is 0. The lowest BCUT2D eigenvalue weighted by molar-refractivity contribution is -0.116. The zero-order valence-corrected chi connectivity index (χ0v) is 12.2. The van der Waals surface area contributed by atoms with Gasteiger partial charge in [-0.2, -0.15) is 0 Å². The van der Waals surface area contributed by atoms with Crippen molar-refractivity contribution in [1.82, 2.24) is 9.97 Å². The molecule has 6 nitrogen and oxygen atoms in total. The number of nitrogens with zero attached hydrogens (tertiary/aromatic N) is 3. The average molecular weight is 285 g/mol.